The van der Waals surface area contributed by atoms with E-state index in [4.69, 9.17) is 0 Å². The number of rotatable bonds is 4. The van der Waals surface area contributed by atoms with Crippen molar-refractivity contribution in [3.63, 3.8) is 0 Å². The van der Waals surface area contributed by atoms with Crippen molar-refractivity contribution in [2.24, 2.45) is 10.2 Å². The number of phenolic OH excluding ortho intramolecular Hbond substituents is 1. The van der Waals surface area contributed by atoms with Crippen LogP contribution in [-0.2, 0) is 0 Å². The van der Waals surface area contributed by atoms with Crippen molar-refractivity contribution in [1.82, 2.24) is 0 Å². The Morgan fingerprint density at radius 3 is 1.93 bits per heavy atom. The fourth-order valence-electron chi connectivity index (χ4n) is 3.04. The normalized spacial score (nSPS) is 11.0. The summed E-state index contributed by atoms with van der Waals surface area (Å²) in [6.07, 6.45) is 1.61. The minimum Gasteiger partial charge on any atom is -0.507 e. The van der Waals surface area contributed by atoms with Gasteiger partial charge in [0.2, 0.25) is 0 Å². The molecular weight excluding hydrogens is 332 g/mol. The molecule has 0 aliphatic heterocycles. The maximum atomic E-state index is 10.3. The monoisotopic (exact) mass is 350 g/mol. The Balaban J connectivity index is 1.78. The molecule has 4 rings (SSSR count). The lowest BCUT2D eigenvalue weighted by molar-refractivity contribution is 0.475. The van der Waals surface area contributed by atoms with Crippen LogP contribution >= 0.6 is 0 Å². The Morgan fingerprint density at radius 2 is 1.26 bits per heavy atom. The summed E-state index contributed by atoms with van der Waals surface area (Å²) in [5.41, 5.74) is 3.43. The smallest absolute Gasteiger partial charge is 0.125 e. The van der Waals surface area contributed by atoms with Crippen molar-refractivity contribution >= 4 is 22.7 Å². The lowest BCUT2D eigenvalue weighted by Gasteiger charge is -2.06. The molecule has 0 aliphatic carbocycles. The Kier molecular flexibility index (Phi) is 4.75. The molecule has 0 saturated carbocycles. The van der Waals surface area contributed by atoms with Gasteiger partial charge in [-0.15, -0.1) is 5.10 Å². The third kappa shape index (κ3) is 3.62. The van der Waals surface area contributed by atoms with E-state index >= 15 is 0 Å². The lowest BCUT2D eigenvalue weighted by atomic mass is 10.0. The van der Waals surface area contributed by atoms with E-state index in [1.807, 2.05) is 91.0 Å². The van der Waals surface area contributed by atoms with Crippen molar-refractivity contribution in [2.75, 3.05) is 0 Å². The van der Waals surface area contributed by atoms with Crippen molar-refractivity contribution < 1.29 is 5.11 Å². The van der Waals surface area contributed by atoms with E-state index in [9.17, 15) is 5.11 Å². The summed E-state index contributed by atoms with van der Waals surface area (Å²) in [5, 5.41) is 21.0. The van der Waals surface area contributed by atoms with Gasteiger partial charge in [-0.2, -0.15) is 5.10 Å². The molecule has 4 aromatic carbocycles. The van der Waals surface area contributed by atoms with Crippen LogP contribution in [0.3, 0.4) is 0 Å². The molecule has 0 radical (unpaired) electrons. The van der Waals surface area contributed by atoms with Gasteiger partial charge in [-0.05, 0) is 16.8 Å². The molecule has 4 aromatic rings. The summed E-state index contributed by atoms with van der Waals surface area (Å²) in [4.78, 5) is 0. The zero-order valence-electron chi connectivity index (χ0n) is 14.7. The van der Waals surface area contributed by atoms with Gasteiger partial charge in [0.1, 0.15) is 11.5 Å². The first-order valence-corrected chi connectivity index (χ1v) is 8.75. The fraction of sp³-hybridized carbons (Fsp3) is 0. The molecule has 0 spiro atoms. The molecule has 0 fully saturated rings. The number of phenols is 1. The molecule has 0 aromatic heterocycles. The quantitative estimate of drug-likeness (QED) is 0.388. The van der Waals surface area contributed by atoms with Crippen molar-refractivity contribution in [2.45, 2.75) is 0 Å². The number of hydrogen-bond donors (Lipinski definition) is 1. The second kappa shape index (κ2) is 7.67. The van der Waals surface area contributed by atoms with E-state index in [0.29, 0.717) is 5.56 Å². The van der Waals surface area contributed by atoms with Gasteiger partial charge in [0.05, 0.1) is 6.21 Å². The molecule has 0 bridgehead atoms. The Labute approximate surface area is 158 Å². The van der Waals surface area contributed by atoms with Gasteiger partial charge in [0.15, 0.2) is 0 Å². The topological polar surface area (TPSA) is 45.0 Å². The van der Waals surface area contributed by atoms with Crippen LogP contribution in [0.5, 0.6) is 5.75 Å². The molecule has 0 amide bonds. The number of fused-ring (bicyclic) bond motifs is 1. The van der Waals surface area contributed by atoms with Gasteiger partial charge in [-0.25, -0.2) is 0 Å². The third-order valence-electron chi connectivity index (χ3n) is 4.39. The molecule has 3 heteroatoms. The average Bonchev–Trinajstić information content (AvgIpc) is 2.74. The van der Waals surface area contributed by atoms with E-state index in [2.05, 4.69) is 10.2 Å². The highest BCUT2D eigenvalue weighted by atomic mass is 16.3. The Bertz CT molecular complexity index is 1080. The Morgan fingerprint density at radius 1 is 0.667 bits per heavy atom. The van der Waals surface area contributed by atoms with E-state index in [1.165, 1.54) is 0 Å². The van der Waals surface area contributed by atoms with Crippen LogP contribution in [0.25, 0.3) is 10.8 Å². The van der Waals surface area contributed by atoms with Gasteiger partial charge < -0.3 is 5.11 Å². The number of nitrogens with zero attached hydrogens (tertiary/aromatic N) is 2. The van der Waals surface area contributed by atoms with Crippen molar-refractivity contribution in [3.05, 3.63) is 114 Å². The largest absolute Gasteiger partial charge is 0.507 e. The summed E-state index contributed by atoms with van der Waals surface area (Å²) in [6, 6.07) is 31.4. The van der Waals surface area contributed by atoms with E-state index in [0.717, 1.165) is 27.6 Å². The summed E-state index contributed by atoms with van der Waals surface area (Å²) >= 11 is 0. The van der Waals surface area contributed by atoms with Gasteiger partial charge in [0, 0.05) is 16.7 Å². The SMILES string of the molecule is Oc1ccc2ccccc2c1C=NN=C(c1ccccc1)c1ccccc1. The minimum atomic E-state index is 0.189. The first kappa shape index (κ1) is 16.7. The number of hydrogen-bond acceptors (Lipinski definition) is 3. The lowest BCUT2D eigenvalue weighted by Crippen LogP contribution is -2.02. The van der Waals surface area contributed by atoms with Gasteiger partial charge in [0.25, 0.3) is 0 Å². The molecule has 0 unspecified atom stereocenters. The molecular formula is C24H18N2O. The number of benzene rings is 4. The van der Waals surface area contributed by atoms with Crippen LogP contribution in [0.4, 0.5) is 0 Å². The minimum absolute atomic E-state index is 0.189. The summed E-state index contributed by atoms with van der Waals surface area (Å²) in [6.45, 7) is 0. The molecule has 0 saturated heterocycles. The van der Waals surface area contributed by atoms with Crippen LogP contribution in [0.2, 0.25) is 0 Å². The average molecular weight is 350 g/mol. The maximum absolute atomic E-state index is 10.3. The fourth-order valence-corrected chi connectivity index (χ4v) is 3.04. The highest BCUT2D eigenvalue weighted by Gasteiger charge is 2.07. The molecule has 130 valence electrons. The standard InChI is InChI=1S/C24H18N2O/c27-23-16-15-18-9-7-8-14-21(18)22(23)17-25-26-24(19-10-3-1-4-11-19)20-12-5-2-6-13-20/h1-17,27H. The highest BCUT2D eigenvalue weighted by Crippen LogP contribution is 2.25. The van der Waals surface area contributed by atoms with Crippen LogP contribution in [0.15, 0.2) is 107 Å². The van der Waals surface area contributed by atoms with Gasteiger partial charge >= 0.3 is 0 Å². The zero-order chi connectivity index (χ0) is 18.5. The third-order valence-corrected chi connectivity index (χ3v) is 4.39. The van der Waals surface area contributed by atoms with Crippen LogP contribution < -0.4 is 0 Å². The summed E-state index contributed by atoms with van der Waals surface area (Å²) in [7, 11) is 0. The second-order valence-electron chi connectivity index (χ2n) is 6.14. The molecule has 0 atom stereocenters. The highest BCUT2D eigenvalue weighted by molar-refractivity contribution is 6.13. The second-order valence-corrected chi connectivity index (χ2v) is 6.14. The molecule has 3 nitrogen and oxygen atoms in total. The van der Waals surface area contributed by atoms with Crippen molar-refractivity contribution in [1.29, 1.82) is 0 Å². The zero-order valence-corrected chi connectivity index (χ0v) is 14.7. The molecule has 27 heavy (non-hydrogen) atoms. The van der Waals surface area contributed by atoms with E-state index in [1.54, 1.807) is 12.3 Å². The predicted octanol–water partition coefficient (Wildman–Crippen LogP) is 5.42. The number of aromatic hydroxyl groups is 1. The van der Waals surface area contributed by atoms with Crippen LogP contribution in [0.1, 0.15) is 16.7 Å². The first-order valence-electron chi connectivity index (χ1n) is 8.75. The first-order chi connectivity index (χ1) is 13.3. The van der Waals surface area contributed by atoms with Crippen LogP contribution in [0, 0.1) is 0 Å². The van der Waals surface area contributed by atoms with E-state index in [-0.39, 0.29) is 5.75 Å². The molecule has 1 N–H and O–H groups in total. The Hall–Kier alpha value is -3.72. The van der Waals surface area contributed by atoms with Crippen molar-refractivity contribution in [3.8, 4) is 5.75 Å². The summed E-state index contributed by atoms with van der Waals surface area (Å²) in [5.74, 6) is 0.189. The van der Waals surface area contributed by atoms with Gasteiger partial charge in [-0.1, -0.05) is 91.0 Å². The van der Waals surface area contributed by atoms with Gasteiger partial charge in [-0.3, -0.25) is 0 Å². The van der Waals surface area contributed by atoms with E-state index < -0.39 is 0 Å². The maximum Gasteiger partial charge on any atom is 0.125 e. The van der Waals surface area contributed by atoms with Crippen LogP contribution in [-0.4, -0.2) is 17.0 Å². The molecule has 0 heterocycles. The molecule has 0 aliphatic rings. The summed E-state index contributed by atoms with van der Waals surface area (Å²) < 4.78 is 0. The predicted molar refractivity (Wildman–Crippen MR) is 112 cm³/mol.